The number of halogens is 1. The molecular formula is C17H29BrN2S. The highest BCUT2D eigenvalue weighted by atomic mass is 79.9. The van der Waals surface area contributed by atoms with Crippen molar-refractivity contribution in [1.29, 1.82) is 0 Å². The summed E-state index contributed by atoms with van der Waals surface area (Å²) in [5.41, 5.74) is 0. The molecule has 1 aliphatic rings. The fourth-order valence-corrected chi connectivity index (χ4v) is 5.31. The Morgan fingerprint density at radius 3 is 2.86 bits per heavy atom. The van der Waals surface area contributed by atoms with Gasteiger partial charge in [-0.2, -0.15) is 0 Å². The zero-order valence-electron chi connectivity index (χ0n) is 13.6. The highest BCUT2D eigenvalue weighted by Crippen LogP contribution is 2.33. The first-order valence-corrected chi connectivity index (χ1v) is 9.88. The molecule has 0 radical (unpaired) electrons. The maximum Gasteiger partial charge on any atom is 0.0325 e. The second-order valence-electron chi connectivity index (χ2n) is 6.55. The van der Waals surface area contributed by atoms with Crippen LogP contribution in [0.2, 0.25) is 0 Å². The van der Waals surface area contributed by atoms with Crippen molar-refractivity contribution in [2.45, 2.75) is 51.6 Å². The molecule has 2 nitrogen and oxygen atoms in total. The second kappa shape index (κ2) is 8.66. The van der Waals surface area contributed by atoms with E-state index in [0.29, 0.717) is 6.04 Å². The molecule has 1 aromatic heterocycles. The molecule has 0 saturated heterocycles. The molecule has 1 heterocycles. The fourth-order valence-electron chi connectivity index (χ4n) is 3.78. The van der Waals surface area contributed by atoms with Gasteiger partial charge >= 0.3 is 0 Å². The number of nitrogens with zero attached hydrogens (tertiary/aromatic N) is 1. The van der Waals surface area contributed by atoms with Crippen LogP contribution in [0.5, 0.6) is 0 Å². The lowest BCUT2D eigenvalue weighted by molar-refractivity contribution is 0.151. The summed E-state index contributed by atoms with van der Waals surface area (Å²) in [7, 11) is 4.40. The van der Waals surface area contributed by atoms with Crippen LogP contribution in [0.15, 0.2) is 15.9 Å². The third-order valence-electron chi connectivity index (χ3n) is 4.75. The van der Waals surface area contributed by atoms with Gasteiger partial charge in [0.2, 0.25) is 0 Å². The van der Waals surface area contributed by atoms with Gasteiger partial charge in [-0.05, 0) is 67.2 Å². The van der Waals surface area contributed by atoms with Crippen LogP contribution in [-0.2, 0) is 6.54 Å². The normalized spacial score (nSPS) is 26.4. The Balaban J connectivity index is 1.88. The molecule has 2 rings (SSSR count). The average Bonchev–Trinajstić information content (AvgIpc) is 2.84. The predicted octanol–water partition coefficient (Wildman–Crippen LogP) is 4.75. The third-order valence-corrected chi connectivity index (χ3v) is 6.43. The van der Waals surface area contributed by atoms with Crippen molar-refractivity contribution >= 4 is 27.3 Å². The van der Waals surface area contributed by atoms with E-state index in [1.54, 1.807) is 0 Å². The lowest BCUT2D eigenvalue weighted by Gasteiger charge is -2.38. The molecule has 3 unspecified atom stereocenters. The van der Waals surface area contributed by atoms with Gasteiger partial charge in [-0.25, -0.2) is 0 Å². The average molecular weight is 373 g/mol. The Bertz CT molecular complexity index is 421. The van der Waals surface area contributed by atoms with Crippen LogP contribution in [0.25, 0.3) is 0 Å². The van der Waals surface area contributed by atoms with Gasteiger partial charge < -0.3 is 10.2 Å². The molecule has 1 saturated carbocycles. The molecule has 0 spiro atoms. The Morgan fingerprint density at radius 2 is 2.24 bits per heavy atom. The lowest BCUT2D eigenvalue weighted by Crippen LogP contribution is -2.43. The Labute approximate surface area is 142 Å². The minimum absolute atomic E-state index is 0.704. The first-order chi connectivity index (χ1) is 10.1. The maximum absolute atomic E-state index is 3.56. The lowest BCUT2D eigenvalue weighted by atomic mass is 9.76. The highest BCUT2D eigenvalue weighted by Gasteiger charge is 2.29. The van der Waals surface area contributed by atoms with Crippen molar-refractivity contribution in [2.24, 2.45) is 11.8 Å². The zero-order chi connectivity index (χ0) is 15.2. The van der Waals surface area contributed by atoms with Crippen LogP contribution in [0.3, 0.4) is 0 Å². The van der Waals surface area contributed by atoms with Gasteiger partial charge in [0.05, 0.1) is 0 Å². The summed E-state index contributed by atoms with van der Waals surface area (Å²) in [4.78, 5) is 3.95. The number of thiophene rings is 1. The first kappa shape index (κ1) is 17.5. The molecule has 0 aromatic carbocycles. The molecule has 21 heavy (non-hydrogen) atoms. The Hall–Kier alpha value is 0.1000. The van der Waals surface area contributed by atoms with Gasteiger partial charge in [-0.3, -0.25) is 0 Å². The minimum atomic E-state index is 0.704. The summed E-state index contributed by atoms with van der Waals surface area (Å²) in [5.74, 6) is 1.75. The van der Waals surface area contributed by atoms with Gasteiger partial charge in [0.25, 0.3) is 0 Å². The van der Waals surface area contributed by atoms with Crippen LogP contribution < -0.4 is 5.32 Å². The van der Waals surface area contributed by atoms with Gasteiger partial charge in [0.15, 0.2) is 0 Å². The van der Waals surface area contributed by atoms with Gasteiger partial charge in [-0.15, -0.1) is 11.3 Å². The number of hydrogen-bond acceptors (Lipinski definition) is 3. The van der Waals surface area contributed by atoms with Crippen LogP contribution in [-0.4, -0.2) is 31.6 Å². The summed E-state index contributed by atoms with van der Waals surface area (Å²) in [5, 5.41) is 5.74. The molecule has 0 amide bonds. The molecule has 1 aliphatic carbocycles. The standard InChI is InChI=1S/C17H29BrN2S/c1-4-5-13-6-7-17(19-2)14(8-13)10-20(3)11-16-9-15(18)12-21-16/h9,12-14,17,19H,4-8,10-11H2,1-3H3. The van der Waals surface area contributed by atoms with Crippen LogP contribution in [0.1, 0.15) is 43.9 Å². The van der Waals surface area contributed by atoms with E-state index < -0.39 is 0 Å². The first-order valence-electron chi connectivity index (χ1n) is 8.21. The second-order valence-corrected chi connectivity index (χ2v) is 8.46. The topological polar surface area (TPSA) is 15.3 Å². The maximum atomic E-state index is 3.56. The van der Waals surface area contributed by atoms with Crippen molar-refractivity contribution in [3.8, 4) is 0 Å². The van der Waals surface area contributed by atoms with E-state index in [1.165, 1.54) is 48.0 Å². The number of nitrogens with one attached hydrogen (secondary N) is 1. The molecule has 0 bridgehead atoms. The summed E-state index contributed by atoms with van der Waals surface area (Å²) >= 11 is 5.40. The van der Waals surface area contributed by atoms with Gasteiger partial charge in [0, 0.05) is 33.9 Å². The van der Waals surface area contributed by atoms with Crippen LogP contribution in [0.4, 0.5) is 0 Å². The molecule has 4 heteroatoms. The fraction of sp³-hybridized carbons (Fsp3) is 0.765. The van der Waals surface area contributed by atoms with E-state index in [-0.39, 0.29) is 0 Å². The minimum Gasteiger partial charge on any atom is -0.317 e. The summed E-state index contributed by atoms with van der Waals surface area (Å²) in [6, 6.07) is 2.95. The monoisotopic (exact) mass is 372 g/mol. The summed E-state index contributed by atoms with van der Waals surface area (Å²) in [6.45, 7) is 4.60. The van der Waals surface area contributed by atoms with E-state index in [4.69, 9.17) is 0 Å². The van der Waals surface area contributed by atoms with Crippen molar-refractivity contribution in [3.05, 3.63) is 20.8 Å². The predicted molar refractivity (Wildman–Crippen MR) is 96.9 cm³/mol. The quantitative estimate of drug-likeness (QED) is 0.742. The Morgan fingerprint density at radius 1 is 1.43 bits per heavy atom. The van der Waals surface area contributed by atoms with E-state index in [2.05, 4.69) is 58.6 Å². The number of hydrogen-bond donors (Lipinski definition) is 1. The molecule has 1 fully saturated rings. The summed E-state index contributed by atoms with van der Waals surface area (Å²) < 4.78 is 1.21. The van der Waals surface area contributed by atoms with E-state index >= 15 is 0 Å². The smallest absolute Gasteiger partial charge is 0.0325 e. The van der Waals surface area contributed by atoms with Crippen LogP contribution >= 0.6 is 27.3 Å². The van der Waals surface area contributed by atoms with Gasteiger partial charge in [0.1, 0.15) is 0 Å². The molecule has 1 aromatic rings. The number of rotatable bonds is 7. The third kappa shape index (κ3) is 5.34. The molecule has 1 N–H and O–H groups in total. The van der Waals surface area contributed by atoms with Crippen molar-refractivity contribution in [2.75, 3.05) is 20.6 Å². The van der Waals surface area contributed by atoms with Crippen molar-refractivity contribution in [1.82, 2.24) is 10.2 Å². The highest BCUT2D eigenvalue weighted by molar-refractivity contribution is 9.10. The molecule has 120 valence electrons. The van der Waals surface area contributed by atoms with Crippen LogP contribution in [0, 0.1) is 11.8 Å². The van der Waals surface area contributed by atoms with Crippen molar-refractivity contribution < 1.29 is 0 Å². The molecule has 0 aliphatic heterocycles. The van der Waals surface area contributed by atoms with Crippen molar-refractivity contribution in [3.63, 3.8) is 0 Å². The largest absolute Gasteiger partial charge is 0.317 e. The van der Waals surface area contributed by atoms with E-state index in [9.17, 15) is 0 Å². The molecular weight excluding hydrogens is 344 g/mol. The molecule has 3 atom stereocenters. The summed E-state index contributed by atoms with van der Waals surface area (Å²) in [6.07, 6.45) is 6.91. The SMILES string of the molecule is CCCC1CCC(NC)C(CN(C)Cc2cc(Br)cs2)C1. The Kier molecular flexibility index (Phi) is 7.20. The van der Waals surface area contributed by atoms with E-state index in [1.807, 2.05) is 11.3 Å². The van der Waals surface area contributed by atoms with Gasteiger partial charge in [-0.1, -0.05) is 19.8 Å². The van der Waals surface area contributed by atoms with E-state index in [0.717, 1.165) is 18.4 Å². The zero-order valence-corrected chi connectivity index (χ0v) is 16.0.